The molecule has 0 N–H and O–H groups in total. The lowest BCUT2D eigenvalue weighted by Gasteiger charge is -2.30. The van der Waals surface area contributed by atoms with Crippen molar-refractivity contribution in [1.29, 1.82) is 0 Å². The first kappa shape index (κ1) is 17.1. The predicted octanol–water partition coefficient (Wildman–Crippen LogP) is 1.99. The summed E-state index contributed by atoms with van der Waals surface area (Å²) in [6.07, 6.45) is 1.21. The van der Waals surface area contributed by atoms with Gasteiger partial charge >= 0.3 is 11.9 Å². The van der Waals surface area contributed by atoms with Crippen molar-refractivity contribution in [3.8, 4) is 0 Å². The number of hydrogen-bond acceptors (Lipinski definition) is 6. The minimum Gasteiger partial charge on any atom is -0.466 e. The summed E-state index contributed by atoms with van der Waals surface area (Å²) in [7, 11) is 0. The smallest absolute Gasteiger partial charge is 0.357 e. The fourth-order valence-electron chi connectivity index (χ4n) is 2.53. The van der Waals surface area contributed by atoms with Gasteiger partial charge in [0.1, 0.15) is 12.2 Å². The summed E-state index contributed by atoms with van der Waals surface area (Å²) in [6, 6.07) is 8.70. The van der Waals surface area contributed by atoms with Gasteiger partial charge in [-0.2, -0.15) is 0 Å². The third kappa shape index (κ3) is 5.17. The fraction of sp³-hybridized carbons (Fsp3) is 0.471. The van der Waals surface area contributed by atoms with Gasteiger partial charge < -0.3 is 9.57 Å². The fourth-order valence-corrected chi connectivity index (χ4v) is 2.53. The number of benzene rings is 1. The Labute approximate surface area is 135 Å². The Hall–Kier alpha value is -2.21. The van der Waals surface area contributed by atoms with Gasteiger partial charge in [0.25, 0.3) is 0 Å². The lowest BCUT2D eigenvalue weighted by Crippen LogP contribution is -2.40. The maximum atomic E-state index is 12.1. The molecular formula is C17H21NO5. The second-order valence-corrected chi connectivity index (χ2v) is 5.42. The summed E-state index contributed by atoms with van der Waals surface area (Å²) >= 11 is 0. The van der Waals surface area contributed by atoms with Crippen molar-refractivity contribution in [2.24, 2.45) is 5.92 Å². The lowest BCUT2D eigenvalue weighted by molar-refractivity contribution is -0.152. The van der Waals surface area contributed by atoms with Crippen LogP contribution in [0.1, 0.15) is 36.5 Å². The van der Waals surface area contributed by atoms with Crippen LogP contribution in [0.3, 0.4) is 0 Å². The summed E-state index contributed by atoms with van der Waals surface area (Å²) < 4.78 is 4.79. The third-order valence-electron chi connectivity index (χ3n) is 3.68. The molecule has 1 aromatic carbocycles. The van der Waals surface area contributed by atoms with Crippen molar-refractivity contribution in [3.05, 3.63) is 35.9 Å². The van der Waals surface area contributed by atoms with Crippen LogP contribution < -0.4 is 0 Å². The van der Waals surface area contributed by atoms with Crippen molar-refractivity contribution in [3.63, 3.8) is 0 Å². The summed E-state index contributed by atoms with van der Waals surface area (Å²) in [5.41, 5.74) is 0.465. The van der Waals surface area contributed by atoms with E-state index in [9.17, 15) is 14.4 Å². The molecule has 0 spiro atoms. The molecule has 1 aliphatic rings. The molecular weight excluding hydrogens is 298 g/mol. The monoisotopic (exact) mass is 319 g/mol. The molecule has 0 aromatic heterocycles. The molecule has 1 aliphatic heterocycles. The third-order valence-corrected chi connectivity index (χ3v) is 3.68. The molecule has 0 aliphatic carbocycles. The molecule has 6 nitrogen and oxygen atoms in total. The van der Waals surface area contributed by atoms with Crippen molar-refractivity contribution in [2.75, 3.05) is 19.7 Å². The van der Waals surface area contributed by atoms with Gasteiger partial charge in [0, 0.05) is 19.0 Å². The molecule has 1 heterocycles. The first-order valence-electron chi connectivity index (χ1n) is 7.80. The van der Waals surface area contributed by atoms with Gasteiger partial charge in [0.2, 0.25) is 0 Å². The minimum absolute atomic E-state index is 0.163. The second-order valence-electron chi connectivity index (χ2n) is 5.42. The summed E-state index contributed by atoms with van der Waals surface area (Å²) in [4.78, 5) is 40.9. The molecule has 1 atom stereocenters. The van der Waals surface area contributed by atoms with Crippen molar-refractivity contribution >= 4 is 17.7 Å². The highest BCUT2D eigenvalue weighted by Gasteiger charge is 2.29. The van der Waals surface area contributed by atoms with E-state index in [0.717, 1.165) is 6.42 Å². The first-order valence-corrected chi connectivity index (χ1v) is 7.80. The number of piperidine rings is 1. The van der Waals surface area contributed by atoms with Crippen LogP contribution in [0.25, 0.3) is 0 Å². The molecule has 6 heteroatoms. The maximum absolute atomic E-state index is 12.1. The van der Waals surface area contributed by atoms with Crippen LogP contribution in [0.15, 0.2) is 30.3 Å². The molecule has 1 aromatic rings. The number of ketones is 1. The molecule has 0 saturated carbocycles. The molecule has 124 valence electrons. The topological polar surface area (TPSA) is 72.9 Å². The summed E-state index contributed by atoms with van der Waals surface area (Å²) in [6.45, 7) is 2.86. The molecule has 2 rings (SSSR count). The van der Waals surface area contributed by atoms with E-state index < -0.39 is 11.9 Å². The van der Waals surface area contributed by atoms with Crippen molar-refractivity contribution in [2.45, 2.75) is 26.2 Å². The largest absolute Gasteiger partial charge is 0.466 e. The molecule has 1 fully saturated rings. The number of hydrogen-bond donors (Lipinski definition) is 0. The Morgan fingerprint density at radius 1 is 1.22 bits per heavy atom. The van der Waals surface area contributed by atoms with Crippen molar-refractivity contribution < 1.29 is 24.0 Å². The van der Waals surface area contributed by atoms with Gasteiger partial charge in [-0.25, -0.2) is 4.79 Å². The second kappa shape index (κ2) is 8.43. The Kier molecular flexibility index (Phi) is 6.29. The van der Waals surface area contributed by atoms with Gasteiger partial charge in [0.05, 0.1) is 12.2 Å². The number of ether oxygens (including phenoxy) is 1. The minimum atomic E-state index is -0.504. The van der Waals surface area contributed by atoms with E-state index in [1.807, 2.05) is 6.07 Å². The van der Waals surface area contributed by atoms with Crippen molar-refractivity contribution in [1.82, 2.24) is 5.06 Å². The number of Topliss-reactive ketones (excluding diaryl/α,β-unsaturated/α-hetero) is 1. The van der Waals surface area contributed by atoms with Crippen LogP contribution in [-0.4, -0.2) is 42.5 Å². The molecule has 23 heavy (non-hydrogen) atoms. The van der Waals surface area contributed by atoms with Gasteiger partial charge in [-0.1, -0.05) is 18.2 Å². The highest BCUT2D eigenvalue weighted by molar-refractivity contribution is 5.97. The van der Waals surface area contributed by atoms with Gasteiger partial charge in [-0.15, -0.1) is 5.06 Å². The standard InChI is InChI=1S/C17H21NO5/c1-2-22-16(20)11-15(19)14-9-6-10-18(12-14)23-17(21)13-7-4-3-5-8-13/h3-5,7-8,14H,2,6,9-12H2,1H3. The summed E-state index contributed by atoms with van der Waals surface area (Å²) in [5.74, 6) is -1.42. The number of hydroxylamine groups is 2. The van der Waals surface area contributed by atoms with Gasteiger partial charge in [-0.3, -0.25) is 9.59 Å². The van der Waals surface area contributed by atoms with Gasteiger partial charge in [0.15, 0.2) is 0 Å². The van der Waals surface area contributed by atoms with Crippen LogP contribution in [0.2, 0.25) is 0 Å². The molecule has 1 saturated heterocycles. The Morgan fingerprint density at radius 2 is 1.96 bits per heavy atom. The molecule has 1 unspecified atom stereocenters. The van der Waals surface area contributed by atoms with Crippen LogP contribution in [0.5, 0.6) is 0 Å². The number of nitrogens with zero attached hydrogens (tertiary/aromatic N) is 1. The number of carbonyl (C=O) groups excluding carboxylic acids is 3. The number of carbonyl (C=O) groups is 3. The van der Waals surface area contributed by atoms with E-state index in [2.05, 4.69) is 0 Å². The zero-order valence-electron chi connectivity index (χ0n) is 13.2. The SMILES string of the molecule is CCOC(=O)CC(=O)C1CCCN(OC(=O)c2ccccc2)C1. The van der Waals surface area contributed by atoms with Crippen LogP contribution in [0.4, 0.5) is 0 Å². The zero-order chi connectivity index (χ0) is 16.7. The highest BCUT2D eigenvalue weighted by Crippen LogP contribution is 2.20. The molecule has 0 amide bonds. The molecule has 0 bridgehead atoms. The number of esters is 1. The summed E-state index contributed by atoms with van der Waals surface area (Å²) in [5, 5.41) is 1.51. The lowest BCUT2D eigenvalue weighted by atomic mass is 9.93. The Balaban J connectivity index is 1.87. The Bertz CT molecular complexity index is 557. The average molecular weight is 319 g/mol. The van der Waals surface area contributed by atoms with Gasteiger partial charge in [-0.05, 0) is 31.9 Å². The van der Waals surface area contributed by atoms with Crippen LogP contribution >= 0.6 is 0 Å². The van der Waals surface area contributed by atoms with E-state index in [4.69, 9.17) is 9.57 Å². The quantitative estimate of drug-likeness (QED) is 0.590. The predicted molar refractivity (Wildman–Crippen MR) is 82.4 cm³/mol. The maximum Gasteiger partial charge on any atom is 0.357 e. The van der Waals surface area contributed by atoms with E-state index >= 15 is 0 Å². The highest BCUT2D eigenvalue weighted by atomic mass is 16.7. The van der Waals surface area contributed by atoms with E-state index in [-0.39, 0.29) is 24.7 Å². The van der Waals surface area contributed by atoms with Crippen LogP contribution in [0, 0.1) is 5.92 Å². The van der Waals surface area contributed by atoms with Crippen LogP contribution in [-0.2, 0) is 19.2 Å². The Morgan fingerprint density at radius 3 is 2.65 bits per heavy atom. The zero-order valence-corrected chi connectivity index (χ0v) is 13.2. The normalized spacial score (nSPS) is 18.2. The molecule has 0 radical (unpaired) electrons. The first-order chi connectivity index (χ1) is 11.1. The van der Waals surface area contributed by atoms with E-state index in [0.29, 0.717) is 25.1 Å². The van der Waals surface area contributed by atoms with E-state index in [1.54, 1.807) is 31.2 Å². The van der Waals surface area contributed by atoms with E-state index in [1.165, 1.54) is 5.06 Å². The average Bonchev–Trinajstić information content (AvgIpc) is 2.56. The number of rotatable bonds is 6.